The normalized spacial score (nSPS) is 12.1. The molecule has 54 valence electrons. The highest BCUT2D eigenvalue weighted by Crippen LogP contribution is 2.11. The zero-order chi connectivity index (χ0) is 7.11. The molecule has 0 heterocycles. The fourth-order valence-corrected chi connectivity index (χ4v) is 0.759. The predicted molar refractivity (Wildman–Crippen MR) is 47.0 cm³/mol. The highest BCUT2D eigenvalue weighted by Gasteiger charge is 1.88. The molecule has 0 aliphatic heterocycles. The summed E-state index contributed by atoms with van der Waals surface area (Å²) >= 11 is 6.54. The van der Waals surface area contributed by atoms with Gasteiger partial charge in [0.15, 0.2) is 0 Å². The first kappa shape index (κ1) is 9.66. The minimum atomic E-state index is 0.791. The van der Waals surface area contributed by atoms with Crippen molar-refractivity contribution in [1.29, 1.82) is 0 Å². The van der Waals surface area contributed by atoms with E-state index in [-0.39, 0.29) is 0 Å². The Morgan fingerprint density at radius 1 is 1.67 bits per heavy atom. The van der Waals surface area contributed by atoms with E-state index in [1.807, 2.05) is 11.9 Å². The Hall–Kier alpha value is 0.660. The van der Waals surface area contributed by atoms with Gasteiger partial charge in [0.05, 0.1) is 6.61 Å². The number of halogens is 2. The van der Waals surface area contributed by atoms with Crippen LogP contribution in [-0.4, -0.2) is 13.2 Å². The van der Waals surface area contributed by atoms with Gasteiger partial charge in [0.1, 0.15) is 0 Å². The number of hydrogen-bond donors (Lipinski definition) is 0. The molecule has 0 aliphatic rings. The van der Waals surface area contributed by atoms with Crippen LogP contribution in [0.1, 0.15) is 13.3 Å². The second-order valence-corrected chi connectivity index (χ2v) is 2.98. The van der Waals surface area contributed by atoms with Gasteiger partial charge >= 0.3 is 0 Å². The van der Waals surface area contributed by atoms with Crippen LogP contribution >= 0.6 is 31.9 Å². The Balaban J connectivity index is 3.07. The predicted octanol–water partition coefficient (Wildman–Crippen LogP) is 3.04. The summed E-state index contributed by atoms with van der Waals surface area (Å²) in [7, 11) is 0. The van der Waals surface area contributed by atoms with Crippen molar-refractivity contribution in [2.75, 3.05) is 13.2 Å². The molecule has 0 amide bonds. The molecular formula is C6H10Br2O. The maximum atomic E-state index is 5.11. The van der Waals surface area contributed by atoms with Crippen molar-refractivity contribution < 1.29 is 4.74 Å². The lowest BCUT2D eigenvalue weighted by molar-refractivity contribution is 0.152. The molecule has 0 N–H and O–H groups in total. The van der Waals surface area contributed by atoms with Crippen molar-refractivity contribution in [3.8, 4) is 0 Å². The minimum absolute atomic E-state index is 0.791. The van der Waals surface area contributed by atoms with Crippen molar-refractivity contribution in [3.05, 3.63) is 9.47 Å². The molecule has 3 heteroatoms. The van der Waals surface area contributed by atoms with Crippen molar-refractivity contribution >= 4 is 31.9 Å². The SMILES string of the molecule is CCOCCC(Br)=CBr. The van der Waals surface area contributed by atoms with E-state index < -0.39 is 0 Å². The summed E-state index contributed by atoms with van der Waals surface area (Å²) in [4.78, 5) is 1.85. The van der Waals surface area contributed by atoms with E-state index in [2.05, 4.69) is 31.9 Å². The molecule has 0 saturated carbocycles. The fourth-order valence-electron chi connectivity index (χ4n) is 0.369. The smallest absolute Gasteiger partial charge is 0.0511 e. The Labute approximate surface area is 72.7 Å². The van der Waals surface area contributed by atoms with Crippen molar-refractivity contribution in [3.63, 3.8) is 0 Å². The maximum absolute atomic E-state index is 5.11. The third kappa shape index (κ3) is 6.55. The van der Waals surface area contributed by atoms with Gasteiger partial charge in [-0.1, -0.05) is 31.9 Å². The summed E-state index contributed by atoms with van der Waals surface area (Å²) in [5, 5.41) is 0. The molecule has 0 saturated heterocycles. The van der Waals surface area contributed by atoms with Crippen LogP contribution in [0.5, 0.6) is 0 Å². The molecule has 0 unspecified atom stereocenters. The lowest BCUT2D eigenvalue weighted by Crippen LogP contribution is -1.91. The molecule has 0 aromatic carbocycles. The van der Waals surface area contributed by atoms with E-state index in [9.17, 15) is 0 Å². The average molecular weight is 258 g/mol. The second kappa shape index (κ2) is 6.78. The highest BCUT2D eigenvalue weighted by atomic mass is 79.9. The van der Waals surface area contributed by atoms with Gasteiger partial charge in [-0.05, 0) is 11.9 Å². The van der Waals surface area contributed by atoms with Gasteiger partial charge < -0.3 is 4.74 Å². The minimum Gasteiger partial charge on any atom is -0.381 e. The van der Waals surface area contributed by atoms with Crippen molar-refractivity contribution in [2.24, 2.45) is 0 Å². The van der Waals surface area contributed by atoms with Gasteiger partial charge in [-0.3, -0.25) is 0 Å². The fraction of sp³-hybridized carbons (Fsp3) is 0.667. The monoisotopic (exact) mass is 256 g/mol. The van der Waals surface area contributed by atoms with E-state index in [0.29, 0.717) is 0 Å². The summed E-state index contributed by atoms with van der Waals surface area (Å²) in [6.07, 6.45) is 0.944. The lowest BCUT2D eigenvalue weighted by atomic mass is 10.4. The molecular weight excluding hydrogens is 248 g/mol. The van der Waals surface area contributed by atoms with Gasteiger partial charge in [-0.15, -0.1) is 0 Å². The first-order valence-electron chi connectivity index (χ1n) is 2.83. The van der Waals surface area contributed by atoms with Crippen molar-refractivity contribution in [1.82, 2.24) is 0 Å². The van der Waals surface area contributed by atoms with E-state index in [1.165, 1.54) is 0 Å². The van der Waals surface area contributed by atoms with Crippen LogP contribution in [0, 0.1) is 0 Å². The molecule has 0 radical (unpaired) electrons. The van der Waals surface area contributed by atoms with Crippen LogP contribution in [0.3, 0.4) is 0 Å². The molecule has 0 aromatic heterocycles. The molecule has 0 spiro atoms. The molecule has 1 nitrogen and oxygen atoms in total. The summed E-state index contributed by atoms with van der Waals surface area (Å²) in [5.74, 6) is 0. The second-order valence-electron chi connectivity index (χ2n) is 1.50. The van der Waals surface area contributed by atoms with E-state index in [1.54, 1.807) is 0 Å². The number of rotatable bonds is 4. The zero-order valence-corrected chi connectivity index (χ0v) is 8.53. The standard InChI is InChI=1S/C6H10Br2O/c1-2-9-4-3-6(8)5-7/h5H,2-4H2,1H3. The molecule has 0 aliphatic carbocycles. The Kier molecular flexibility index (Phi) is 7.27. The van der Waals surface area contributed by atoms with Gasteiger partial charge in [0, 0.05) is 17.5 Å². The summed E-state index contributed by atoms with van der Waals surface area (Å²) in [5.41, 5.74) is 0. The number of hydrogen-bond acceptors (Lipinski definition) is 1. The van der Waals surface area contributed by atoms with Gasteiger partial charge in [-0.25, -0.2) is 0 Å². The van der Waals surface area contributed by atoms with Crippen LogP contribution < -0.4 is 0 Å². The first-order chi connectivity index (χ1) is 4.31. The Bertz CT molecular complexity index is 91.1. The van der Waals surface area contributed by atoms with Gasteiger partial charge in [0.2, 0.25) is 0 Å². The maximum Gasteiger partial charge on any atom is 0.0511 e. The molecule has 9 heavy (non-hydrogen) atoms. The van der Waals surface area contributed by atoms with E-state index >= 15 is 0 Å². The average Bonchev–Trinajstić information content (AvgIpc) is 1.89. The summed E-state index contributed by atoms with van der Waals surface area (Å²) in [6.45, 7) is 3.58. The van der Waals surface area contributed by atoms with Gasteiger partial charge in [0.25, 0.3) is 0 Å². The van der Waals surface area contributed by atoms with Crippen LogP contribution in [0.4, 0.5) is 0 Å². The summed E-state index contributed by atoms with van der Waals surface area (Å²) < 4.78 is 6.25. The topological polar surface area (TPSA) is 9.23 Å². The van der Waals surface area contributed by atoms with Crippen molar-refractivity contribution in [2.45, 2.75) is 13.3 Å². The highest BCUT2D eigenvalue weighted by molar-refractivity contribution is 9.14. The number of ether oxygens (including phenoxy) is 1. The van der Waals surface area contributed by atoms with E-state index in [4.69, 9.17) is 4.74 Å². The molecule has 0 bridgehead atoms. The third-order valence-electron chi connectivity index (χ3n) is 0.808. The van der Waals surface area contributed by atoms with Crippen LogP contribution in [0.15, 0.2) is 9.47 Å². The van der Waals surface area contributed by atoms with Crippen LogP contribution in [0.2, 0.25) is 0 Å². The molecule has 0 rings (SSSR count). The Morgan fingerprint density at radius 2 is 2.33 bits per heavy atom. The zero-order valence-electron chi connectivity index (χ0n) is 5.36. The van der Waals surface area contributed by atoms with Gasteiger partial charge in [-0.2, -0.15) is 0 Å². The quantitative estimate of drug-likeness (QED) is 0.704. The Morgan fingerprint density at radius 3 is 2.78 bits per heavy atom. The molecule has 0 atom stereocenters. The largest absolute Gasteiger partial charge is 0.381 e. The van der Waals surface area contributed by atoms with Crippen LogP contribution in [0.25, 0.3) is 0 Å². The lowest BCUT2D eigenvalue weighted by Gasteiger charge is -1.97. The van der Waals surface area contributed by atoms with E-state index in [0.717, 1.165) is 24.1 Å². The third-order valence-corrected chi connectivity index (χ3v) is 2.60. The molecule has 0 fully saturated rings. The van der Waals surface area contributed by atoms with Crippen LogP contribution in [-0.2, 0) is 4.74 Å². The molecule has 0 aromatic rings. The summed E-state index contributed by atoms with van der Waals surface area (Å²) in [6, 6.07) is 0. The first-order valence-corrected chi connectivity index (χ1v) is 4.54.